The van der Waals surface area contributed by atoms with Crippen molar-refractivity contribution in [1.29, 1.82) is 0 Å². The predicted molar refractivity (Wildman–Crippen MR) is 50.2 cm³/mol. The SMILES string of the molecule is C#CC(=O)c1sccc1I. The Labute approximate surface area is 76.6 Å². The van der Waals surface area contributed by atoms with Gasteiger partial charge in [0.25, 0.3) is 0 Å². The molecule has 1 nitrogen and oxygen atoms in total. The first-order valence-corrected chi connectivity index (χ1v) is 4.45. The fraction of sp³-hybridized carbons (Fsp3) is 0. The smallest absolute Gasteiger partial charge is 0.246 e. The number of rotatable bonds is 1. The average molecular weight is 262 g/mol. The summed E-state index contributed by atoms with van der Waals surface area (Å²) >= 11 is 3.47. The summed E-state index contributed by atoms with van der Waals surface area (Å²) in [6.07, 6.45) is 4.94. The van der Waals surface area contributed by atoms with Gasteiger partial charge in [0.1, 0.15) is 0 Å². The minimum Gasteiger partial charge on any atom is -0.278 e. The normalized spacial score (nSPS) is 8.80. The number of halogens is 1. The third-order valence-electron chi connectivity index (χ3n) is 0.955. The van der Waals surface area contributed by atoms with Gasteiger partial charge in [0, 0.05) is 3.57 Å². The zero-order valence-electron chi connectivity index (χ0n) is 4.93. The fourth-order valence-electron chi connectivity index (χ4n) is 0.521. The minimum absolute atomic E-state index is 0.223. The number of Topliss-reactive ketones (excluding diaryl/α,β-unsaturated/α-hetero) is 1. The molecule has 0 aromatic carbocycles. The molecule has 0 N–H and O–H groups in total. The van der Waals surface area contributed by atoms with Crippen molar-refractivity contribution in [1.82, 2.24) is 0 Å². The molecule has 0 aliphatic heterocycles. The van der Waals surface area contributed by atoms with Crippen LogP contribution in [-0.2, 0) is 0 Å². The van der Waals surface area contributed by atoms with E-state index in [9.17, 15) is 4.79 Å². The number of terminal acetylenes is 1. The van der Waals surface area contributed by atoms with Crippen LogP contribution in [0.25, 0.3) is 0 Å². The summed E-state index contributed by atoms with van der Waals surface area (Å²) in [7, 11) is 0. The maximum atomic E-state index is 10.9. The van der Waals surface area contributed by atoms with Crippen LogP contribution in [0.15, 0.2) is 11.4 Å². The fourth-order valence-corrected chi connectivity index (χ4v) is 2.26. The van der Waals surface area contributed by atoms with Gasteiger partial charge in [-0.25, -0.2) is 0 Å². The Morgan fingerprint density at radius 3 is 2.90 bits per heavy atom. The van der Waals surface area contributed by atoms with E-state index in [1.165, 1.54) is 11.3 Å². The van der Waals surface area contributed by atoms with E-state index in [0.717, 1.165) is 3.57 Å². The molecule has 0 saturated carbocycles. The summed E-state index contributed by atoms with van der Waals surface area (Å²) in [6, 6.07) is 1.87. The molecule has 0 radical (unpaired) electrons. The molecular formula is C7H3IOS. The topological polar surface area (TPSA) is 17.1 Å². The summed E-state index contributed by atoms with van der Waals surface area (Å²) in [6.45, 7) is 0. The zero-order valence-corrected chi connectivity index (χ0v) is 7.90. The predicted octanol–water partition coefficient (Wildman–Crippen LogP) is 2.17. The number of thiophene rings is 1. The Bertz CT molecular complexity index is 295. The number of carbonyl (C=O) groups excluding carboxylic acids is 1. The highest BCUT2D eigenvalue weighted by atomic mass is 127. The zero-order chi connectivity index (χ0) is 7.56. The average Bonchev–Trinajstić information content (AvgIpc) is 2.34. The molecule has 0 spiro atoms. The number of hydrogen-bond donors (Lipinski definition) is 0. The summed E-state index contributed by atoms with van der Waals surface area (Å²) in [5.74, 6) is 1.85. The third-order valence-corrected chi connectivity index (χ3v) is 3.13. The van der Waals surface area contributed by atoms with Gasteiger partial charge >= 0.3 is 0 Å². The lowest BCUT2D eigenvalue weighted by molar-refractivity contribution is 0.105. The number of carbonyl (C=O) groups is 1. The van der Waals surface area contributed by atoms with E-state index in [0.29, 0.717) is 4.88 Å². The minimum atomic E-state index is -0.223. The van der Waals surface area contributed by atoms with E-state index in [1.807, 2.05) is 11.4 Å². The van der Waals surface area contributed by atoms with E-state index < -0.39 is 0 Å². The second-order valence-electron chi connectivity index (χ2n) is 1.57. The molecule has 0 saturated heterocycles. The van der Waals surface area contributed by atoms with Gasteiger partial charge in [-0.05, 0) is 40.0 Å². The molecule has 0 bridgehead atoms. The maximum Gasteiger partial charge on any atom is 0.246 e. The van der Waals surface area contributed by atoms with Crippen molar-refractivity contribution in [3.8, 4) is 12.3 Å². The van der Waals surface area contributed by atoms with Crippen molar-refractivity contribution < 1.29 is 4.79 Å². The van der Waals surface area contributed by atoms with Crippen LogP contribution in [-0.4, -0.2) is 5.78 Å². The molecule has 1 aromatic heterocycles. The summed E-state index contributed by atoms with van der Waals surface area (Å²) in [5, 5.41) is 1.85. The first-order chi connectivity index (χ1) is 4.75. The molecule has 0 atom stereocenters. The molecular weight excluding hydrogens is 259 g/mol. The Hall–Kier alpha value is -0.340. The first kappa shape index (κ1) is 7.76. The lowest BCUT2D eigenvalue weighted by Crippen LogP contribution is -1.91. The molecule has 0 fully saturated rings. The van der Waals surface area contributed by atoms with Gasteiger partial charge in [-0.1, -0.05) is 0 Å². The lowest BCUT2D eigenvalue weighted by Gasteiger charge is -1.85. The van der Waals surface area contributed by atoms with E-state index >= 15 is 0 Å². The summed E-state index contributed by atoms with van der Waals surface area (Å²) < 4.78 is 0.936. The summed E-state index contributed by atoms with van der Waals surface area (Å²) in [5.41, 5.74) is 0. The van der Waals surface area contributed by atoms with E-state index in [1.54, 1.807) is 0 Å². The Kier molecular flexibility index (Phi) is 2.46. The van der Waals surface area contributed by atoms with Crippen LogP contribution in [0.3, 0.4) is 0 Å². The largest absolute Gasteiger partial charge is 0.278 e. The maximum absolute atomic E-state index is 10.9. The van der Waals surface area contributed by atoms with Gasteiger partial charge in [-0.3, -0.25) is 4.79 Å². The van der Waals surface area contributed by atoms with Crippen LogP contribution in [0.5, 0.6) is 0 Å². The molecule has 0 aliphatic carbocycles. The quantitative estimate of drug-likeness (QED) is 0.328. The van der Waals surface area contributed by atoms with Crippen LogP contribution in [0, 0.1) is 15.9 Å². The van der Waals surface area contributed by atoms with Gasteiger partial charge in [0.2, 0.25) is 5.78 Å². The van der Waals surface area contributed by atoms with Crippen molar-refractivity contribution in [3.05, 3.63) is 19.9 Å². The molecule has 1 heterocycles. The van der Waals surface area contributed by atoms with Gasteiger partial charge in [0.15, 0.2) is 0 Å². The highest BCUT2D eigenvalue weighted by Gasteiger charge is 2.06. The molecule has 0 amide bonds. The van der Waals surface area contributed by atoms with E-state index in [-0.39, 0.29) is 5.78 Å². The van der Waals surface area contributed by atoms with Crippen molar-refractivity contribution in [3.63, 3.8) is 0 Å². The van der Waals surface area contributed by atoms with Gasteiger partial charge in [0.05, 0.1) is 4.88 Å². The molecule has 0 unspecified atom stereocenters. The van der Waals surface area contributed by atoms with Crippen LogP contribution in [0.1, 0.15) is 9.67 Å². The van der Waals surface area contributed by atoms with Crippen molar-refractivity contribution in [2.45, 2.75) is 0 Å². The second-order valence-corrected chi connectivity index (χ2v) is 3.65. The first-order valence-electron chi connectivity index (χ1n) is 2.49. The van der Waals surface area contributed by atoms with Crippen LogP contribution >= 0.6 is 33.9 Å². The second kappa shape index (κ2) is 3.17. The summed E-state index contributed by atoms with van der Waals surface area (Å²) in [4.78, 5) is 11.5. The van der Waals surface area contributed by atoms with Crippen LogP contribution < -0.4 is 0 Å². The monoisotopic (exact) mass is 262 g/mol. The van der Waals surface area contributed by atoms with Gasteiger partial charge < -0.3 is 0 Å². The highest BCUT2D eigenvalue weighted by molar-refractivity contribution is 14.1. The van der Waals surface area contributed by atoms with Crippen LogP contribution in [0.4, 0.5) is 0 Å². The van der Waals surface area contributed by atoms with Crippen molar-refractivity contribution in [2.75, 3.05) is 0 Å². The Balaban J connectivity index is 3.08. The van der Waals surface area contributed by atoms with Gasteiger partial charge in [-0.2, -0.15) is 0 Å². The third kappa shape index (κ3) is 1.39. The van der Waals surface area contributed by atoms with E-state index in [2.05, 4.69) is 28.5 Å². The highest BCUT2D eigenvalue weighted by Crippen LogP contribution is 2.18. The molecule has 1 aromatic rings. The van der Waals surface area contributed by atoms with Gasteiger partial charge in [-0.15, -0.1) is 17.8 Å². The van der Waals surface area contributed by atoms with Crippen LogP contribution in [0.2, 0.25) is 0 Å². The molecule has 3 heteroatoms. The standard InChI is InChI=1S/C7H3IOS/c1-2-6(9)7-5(8)3-4-10-7/h1,3-4H. The molecule has 50 valence electrons. The van der Waals surface area contributed by atoms with E-state index in [4.69, 9.17) is 6.42 Å². The Morgan fingerprint density at radius 2 is 2.50 bits per heavy atom. The Morgan fingerprint density at radius 1 is 1.80 bits per heavy atom. The lowest BCUT2D eigenvalue weighted by atomic mass is 10.3. The van der Waals surface area contributed by atoms with Crippen molar-refractivity contribution >= 4 is 39.7 Å². The number of hydrogen-bond acceptors (Lipinski definition) is 2. The molecule has 0 aliphatic rings. The molecule has 1 rings (SSSR count). The molecule has 10 heavy (non-hydrogen) atoms. The van der Waals surface area contributed by atoms with Crippen molar-refractivity contribution in [2.24, 2.45) is 0 Å². The number of ketones is 1.